The Morgan fingerprint density at radius 2 is 1.96 bits per heavy atom. The van der Waals surface area contributed by atoms with Crippen molar-refractivity contribution in [3.05, 3.63) is 77.4 Å². The van der Waals surface area contributed by atoms with Crippen LogP contribution in [0.25, 0.3) is 0 Å². The second-order valence-electron chi connectivity index (χ2n) is 5.72. The summed E-state index contributed by atoms with van der Waals surface area (Å²) < 4.78 is 36.8. The molecular weight excluding hydrogens is 356 g/mol. The van der Waals surface area contributed by atoms with E-state index in [-0.39, 0.29) is 29.7 Å². The lowest BCUT2D eigenvalue weighted by Crippen LogP contribution is -2.30. The van der Waals surface area contributed by atoms with E-state index in [1.807, 2.05) is 19.1 Å². The van der Waals surface area contributed by atoms with E-state index in [9.17, 15) is 13.6 Å². The van der Waals surface area contributed by atoms with Crippen molar-refractivity contribution in [2.24, 2.45) is 0 Å². The molecule has 1 amide bonds. The van der Waals surface area contributed by atoms with Crippen LogP contribution in [0.3, 0.4) is 0 Å². The van der Waals surface area contributed by atoms with Crippen molar-refractivity contribution in [2.75, 3.05) is 6.54 Å². The number of pyridine rings is 1. The predicted molar refractivity (Wildman–Crippen MR) is 91.8 cm³/mol. The number of carbonyl (C=O) groups is 1. The van der Waals surface area contributed by atoms with Gasteiger partial charge in [-0.15, -0.1) is 0 Å². The fraction of sp³-hybridized carbons (Fsp3) is 0.211. The van der Waals surface area contributed by atoms with Crippen molar-refractivity contribution in [1.29, 1.82) is 0 Å². The van der Waals surface area contributed by atoms with Crippen LogP contribution in [0.15, 0.2) is 53.3 Å². The predicted octanol–water partition coefficient (Wildman–Crippen LogP) is 3.59. The molecule has 0 spiro atoms. The average molecular weight is 373 g/mol. The third-order valence-electron chi connectivity index (χ3n) is 3.83. The van der Waals surface area contributed by atoms with Crippen LogP contribution >= 0.6 is 0 Å². The number of nitrogens with zero attached hydrogens (tertiary/aromatic N) is 3. The van der Waals surface area contributed by atoms with E-state index in [1.54, 1.807) is 17.3 Å². The standard InChI is InChI=1S/C19H17F2N3O3/c1-2-24(11-13-5-7-22-8-6-13)19(25)17-10-15(27-23-17)12-26-18-4-3-14(20)9-16(18)21/h3-10H,2,11-12H2,1H3. The lowest BCUT2D eigenvalue weighted by Gasteiger charge is -2.19. The number of benzene rings is 1. The van der Waals surface area contributed by atoms with Gasteiger partial charge in [0.15, 0.2) is 23.0 Å². The molecule has 0 atom stereocenters. The minimum atomic E-state index is -0.819. The van der Waals surface area contributed by atoms with Crippen molar-refractivity contribution < 1.29 is 22.8 Å². The molecule has 3 aromatic rings. The molecule has 0 aliphatic carbocycles. The smallest absolute Gasteiger partial charge is 0.276 e. The molecule has 0 N–H and O–H groups in total. The third-order valence-corrected chi connectivity index (χ3v) is 3.83. The van der Waals surface area contributed by atoms with E-state index in [0.717, 1.165) is 17.7 Å². The summed E-state index contributed by atoms with van der Waals surface area (Å²) in [4.78, 5) is 18.2. The summed E-state index contributed by atoms with van der Waals surface area (Å²) in [5, 5.41) is 3.76. The molecule has 0 saturated carbocycles. The first-order valence-corrected chi connectivity index (χ1v) is 8.28. The largest absolute Gasteiger partial charge is 0.482 e. The minimum Gasteiger partial charge on any atom is -0.482 e. The van der Waals surface area contributed by atoms with Crippen molar-refractivity contribution >= 4 is 5.91 Å². The van der Waals surface area contributed by atoms with Crippen LogP contribution in [-0.2, 0) is 13.2 Å². The Bertz CT molecular complexity index is 916. The van der Waals surface area contributed by atoms with Crippen LogP contribution in [0.2, 0.25) is 0 Å². The zero-order valence-corrected chi connectivity index (χ0v) is 14.6. The van der Waals surface area contributed by atoms with Gasteiger partial charge in [0.2, 0.25) is 0 Å². The van der Waals surface area contributed by atoms with E-state index in [1.165, 1.54) is 12.1 Å². The lowest BCUT2D eigenvalue weighted by atomic mass is 10.2. The molecule has 8 heteroatoms. The van der Waals surface area contributed by atoms with E-state index >= 15 is 0 Å². The van der Waals surface area contributed by atoms with Crippen LogP contribution in [-0.4, -0.2) is 27.5 Å². The number of carbonyl (C=O) groups excluding carboxylic acids is 1. The van der Waals surface area contributed by atoms with Gasteiger partial charge in [0.1, 0.15) is 12.4 Å². The van der Waals surface area contributed by atoms with Gasteiger partial charge in [-0.2, -0.15) is 0 Å². The number of rotatable bonds is 7. The first-order chi connectivity index (χ1) is 13.1. The zero-order chi connectivity index (χ0) is 19.2. The highest BCUT2D eigenvalue weighted by Crippen LogP contribution is 2.19. The second kappa shape index (κ2) is 8.39. The number of ether oxygens (including phenoxy) is 1. The summed E-state index contributed by atoms with van der Waals surface area (Å²) >= 11 is 0. The maximum Gasteiger partial charge on any atom is 0.276 e. The van der Waals surface area contributed by atoms with Gasteiger partial charge in [-0.1, -0.05) is 5.16 Å². The Hall–Kier alpha value is -3.29. The average Bonchev–Trinajstić information content (AvgIpc) is 3.15. The lowest BCUT2D eigenvalue weighted by molar-refractivity contribution is 0.0741. The maximum atomic E-state index is 13.6. The molecular formula is C19H17F2N3O3. The summed E-state index contributed by atoms with van der Waals surface area (Å²) in [6, 6.07) is 8.10. The van der Waals surface area contributed by atoms with Gasteiger partial charge in [0.05, 0.1) is 0 Å². The van der Waals surface area contributed by atoms with E-state index in [2.05, 4.69) is 10.1 Å². The van der Waals surface area contributed by atoms with Crippen molar-refractivity contribution in [1.82, 2.24) is 15.0 Å². The fourth-order valence-electron chi connectivity index (χ4n) is 2.42. The maximum absolute atomic E-state index is 13.6. The van der Waals surface area contributed by atoms with Gasteiger partial charge < -0.3 is 14.2 Å². The Labute approximate surface area is 154 Å². The Morgan fingerprint density at radius 3 is 2.67 bits per heavy atom. The summed E-state index contributed by atoms with van der Waals surface area (Å²) in [7, 11) is 0. The van der Waals surface area contributed by atoms with Crippen LogP contribution in [0, 0.1) is 11.6 Å². The van der Waals surface area contributed by atoms with E-state index < -0.39 is 11.6 Å². The number of halogens is 2. The summed E-state index contributed by atoms with van der Waals surface area (Å²) in [6.45, 7) is 2.62. The Morgan fingerprint density at radius 1 is 1.19 bits per heavy atom. The van der Waals surface area contributed by atoms with Gasteiger partial charge in [0, 0.05) is 37.6 Å². The van der Waals surface area contributed by atoms with Crippen LogP contribution in [0.4, 0.5) is 8.78 Å². The SMILES string of the molecule is CCN(Cc1ccncc1)C(=O)c1cc(COc2ccc(F)cc2F)on1. The number of amides is 1. The molecule has 1 aromatic carbocycles. The first kappa shape index (κ1) is 18.5. The molecule has 27 heavy (non-hydrogen) atoms. The zero-order valence-electron chi connectivity index (χ0n) is 14.6. The number of aromatic nitrogens is 2. The summed E-state index contributed by atoms with van der Waals surface area (Å²) in [5.74, 6) is -1.67. The van der Waals surface area contributed by atoms with Crippen molar-refractivity contribution in [2.45, 2.75) is 20.1 Å². The second-order valence-corrected chi connectivity index (χ2v) is 5.72. The molecule has 3 rings (SSSR count). The number of hydrogen-bond acceptors (Lipinski definition) is 5. The molecule has 0 fully saturated rings. The molecule has 0 unspecified atom stereocenters. The Balaban J connectivity index is 1.64. The van der Waals surface area contributed by atoms with Crippen LogP contribution in [0.5, 0.6) is 5.75 Å². The molecule has 0 aliphatic heterocycles. The van der Waals surface area contributed by atoms with Crippen LogP contribution in [0.1, 0.15) is 28.7 Å². The number of hydrogen-bond donors (Lipinski definition) is 0. The molecule has 2 heterocycles. The molecule has 6 nitrogen and oxygen atoms in total. The Kier molecular flexibility index (Phi) is 5.75. The molecule has 0 saturated heterocycles. The summed E-state index contributed by atoms with van der Waals surface area (Å²) in [6.07, 6.45) is 3.32. The molecule has 0 radical (unpaired) electrons. The van der Waals surface area contributed by atoms with E-state index in [0.29, 0.717) is 13.1 Å². The minimum absolute atomic E-state index is 0.117. The normalized spacial score (nSPS) is 10.6. The topological polar surface area (TPSA) is 68.5 Å². The van der Waals surface area contributed by atoms with Gasteiger partial charge in [-0.05, 0) is 36.8 Å². The first-order valence-electron chi connectivity index (χ1n) is 8.28. The van der Waals surface area contributed by atoms with Gasteiger partial charge in [-0.25, -0.2) is 8.78 Å². The van der Waals surface area contributed by atoms with Gasteiger partial charge in [0.25, 0.3) is 5.91 Å². The fourth-order valence-corrected chi connectivity index (χ4v) is 2.42. The van der Waals surface area contributed by atoms with Gasteiger partial charge in [-0.3, -0.25) is 9.78 Å². The van der Waals surface area contributed by atoms with Crippen molar-refractivity contribution in [3.8, 4) is 5.75 Å². The highest BCUT2D eigenvalue weighted by atomic mass is 19.1. The quantitative estimate of drug-likeness (QED) is 0.633. The molecule has 0 bridgehead atoms. The van der Waals surface area contributed by atoms with Crippen molar-refractivity contribution in [3.63, 3.8) is 0 Å². The van der Waals surface area contributed by atoms with Gasteiger partial charge >= 0.3 is 0 Å². The third kappa shape index (κ3) is 4.66. The highest BCUT2D eigenvalue weighted by molar-refractivity contribution is 5.92. The monoisotopic (exact) mass is 373 g/mol. The van der Waals surface area contributed by atoms with Crippen LogP contribution < -0.4 is 4.74 Å². The summed E-state index contributed by atoms with van der Waals surface area (Å²) in [5.41, 5.74) is 1.07. The molecule has 2 aromatic heterocycles. The van der Waals surface area contributed by atoms with E-state index in [4.69, 9.17) is 9.26 Å². The molecule has 0 aliphatic rings. The highest BCUT2D eigenvalue weighted by Gasteiger charge is 2.19. The molecule has 140 valence electrons.